The molecular formula is C42H51N9O7. The molecule has 0 bridgehead atoms. The Morgan fingerprint density at radius 1 is 0.741 bits per heavy atom. The highest BCUT2D eigenvalue weighted by molar-refractivity contribution is 5.88. The summed E-state index contributed by atoms with van der Waals surface area (Å²) in [5.74, 6) is 2.32. The summed E-state index contributed by atoms with van der Waals surface area (Å²) in [5.41, 5.74) is 6.70. The van der Waals surface area contributed by atoms with Crippen molar-refractivity contribution in [1.82, 2.24) is 40.4 Å². The second kappa shape index (κ2) is 15.7. The third-order valence-electron chi connectivity index (χ3n) is 11.8. The lowest BCUT2D eigenvalue weighted by molar-refractivity contribution is -0.136. The molecule has 0 aliphatic carbocycles. The molecule has 4 atom stereocenters. The van der Waals surface area contributed by atoms with Crippen LogP contribution in [0.4, 0.5) is 21.0 Å². The zero-order chi connectivity index (χ0) is 40.8. The Morgan fingerprint density at radius 3 is 1.81 bits per heavy atom. The molecule has 0 radical (unpaired) electrons. The Labute approximate surface area is 337 Å². The van der Waals surface area contributed by atoms with Crippen LogP contribution in [-0.2, 0) is 25.5 Å². The maximum atomic E-state index is 13.7. The summed E-state index contributed by atoms with van der Waals surface area (Å²) in [6, 6.07) is 8.47. The van der Waals surface area contributed by atoms with E-state index in [2.05, 4.69) is 43.7 Å². The quantitative estimate of drug-likeness (QED) is 0.141. The summed E-state index contributed by atoms with van der Waals surface area (Å²) in [6.07, 6.45) is 6.37. The molecule has 16 nitrogen and oxygen atoms in total. The van der Waals surface area contributed by atoms with E-state index < -0.39 is 24.3 Å². The highest BCUT2D eigenvalue weighted by Gasteiger charge is 2.40. The molecule has 6 heterocycles. The Kier molecular flexibility index (Phi) is 10.5. The van der Waals surface area contributed by atoms with Crippen molar-refractivity contribution in [2.75, 3.05) is 38.8 Å². The number of fused-ring (bicyclic) bond motifs is 2. The molecule has 4 aliphatic rings. The molecule has 4 unspecified atom stereocenters. The van der Waals surface area contributed by atoms with Gasteiger partial charge in [0.25, 0.3) is 0 Å². The van der Waals surface area contributed by atoms with Crippen LogP contribution in [-0.4, -0.2) is 99.7 Å². The first-order chi connectivity index (χ1) is 27.9. The predicted octanol–water partition coefficient (Wildman–Crippen LogP) is 6.35. The number of aromatic nitrogens is 4. The molecule has 2 aromatic carbocycles. The van der Waals surface area contributed by atoms with Crippen molar-refractivity contribution in [2.45, 2.75) is 84.0 Å². The lowest BCUT2D eigenvalue weighted by atomic mass is 10.0. The van der Waals surface area contributed by atoms with E-state index in [1.165, 1.54) is 19.8 Å². The van der Waals surface area contributed by atoms with Crippen LogP contribution in [0.2, 0.25) is 0 Å². The summed E-state index contributed by atoms with van der Waals surface area (Å²) < 4.78 is 16.2. The molecule has 16 heteroatoms. The smallest absolute Gasteiger partial charge is 0.407 e. The largest absolute Gasteiger partial charge is 0.453 e. The third-order valence-corrected chi connectivity index (χ3v) is 11.8. The number of carbonyl (C=O) groups excluding carboxylic acids is 4. The van der Waals surface area contributed by atoms with Crippen LogP contribution in [0.1, 0.15) is 82.7 Å². The second-order valence-corrected chi connectivity index (χ2v) is 16.1. The molecule has 4 amide bonds. The number of nitrogens with one attached hydrogen (secondary N) is 4. The lowest BCUT2D eigenvalue weighted by Crippen LogP contribution is -2.51. The van der Waals surface area contributed by atoms with Gasteiger partial charge in [0.15, 0.2) is 11.5 Å². The number of carbonyl (C=O) groups is 4. The number of alkyl carbamates (subject to hydrolysis) is 2. The fraction of sp³-hybridized carbons (Fsp3) is 0.476. The van der Waals surface area contributed by atoms with E-state index in [9.17, 15) is 19.2 Å². The summed E-state index contributed by atoms with van der Waals surface area (Å²) in [5, 5.41) is 5.41. The third kappa shape index (κ3) is 7.08. The molecule has 4 aliphatic heterocycles. The van der Waals surface area contributed by atoms with E-state index in [4.69, 9.17) is 24.2 Å². The van der Waals surface area contributed by atoms with E-state index in [1.807, 2.05) is 50.9 Å². The standard InChI is InChI=1S/C42H51N9O7/c1-22(2)34(47-41(54)56-5)39(52)50-14-7-9-30(50)37-43-20-27(45-37)24-11-12-29-32(18-24)58-33-19-26(17-25-13-16-49(29)36(25)33)28-21-44-38(46-28)31-10-8-15-51(31)40(53)35(23(3)4)48-42(55)57-6/h11-12,17-23,30-31,34-35H,7-10,13-16H2,1-6H3,(H,43,45)(H,44,46)(H,47,54)(H,48,55). The number of hydrogen-bond acceptors (Lipinski definition) is 10. The zero-order valence-electron chi connectivity index (χ0n) is 33.8. The number of nitrogens with zero attached hydrogens (tertiary/aromatic N) is 5. The van der Waals surface area contributed by atoms with Gasteiger partial charge in [-0.3, -0.25) is 9.59 Å². The predicted molar refractivity (Wildman–Crippen MR) is 215 cm³/mol. The molecule has 2 fully saturated rings. The van der Waals surface area contributed by atoms with Gasteiger partial charge in [-0.15, -0.1) is 0 Å². The average Bonchev–Trinajstić information content (AvgIpc) is 4.06. The SMILES string of the molecule is COC(=O)NC(C(=O)N1CCCC1c1ncc(-c2ccc3c(c2)Oc2cc(-c4cnc(C5CCCN5C(=O)C(NC(=O)OC)C(C)C)[nH]4)cc4c2N3CC4)[nH]1)C(C)C. The lowest BCUT2D eigenvalue weighted by Gasteiger charge is -2.30. The molecule has 2 saturated heterocycles. The number of anilines is 2. The molecular weight excluding hydrogens is 743 g/mol. The first-order valence-corrected chi connectivity index (χ1v) is 20.1. The maximum Gasteiger partial charge on any atom is 0.407 e. The monoisotopic (exact) mass is 793 g/mol. The fourth-order valence-corrected chi connectivity index (χ4v) is 8.78. The van der Waals surface area contributed by atoms with E-state index >= 15 is 0 Å². The van der Waals surface area contributed by atoms with Crippen molar-refractivity contribution in [2.24, 2.45) is 11.8 Å². The van der Waals surface area contributed by atoms with Gasteiger partial charge in [0.2, 0.25) is 11.8 Å². The summed E-state index contributed by atoms with van der Waals surface area (Å²) >= 11 is 0. The van der Waals surface area contributed by atoms with Crippen LogP contribution in [0.25, 0.3) is 22.5 Å². The second-order valence-electron chi connectivity index (χ2n) is 16.1. The highest BCUT2D eigenvalue weighted by Crippen LogP contribution is 2.53. The summed E-state index contributed by atoms with van der Waals surface area (Å²) in [7, 11) is 2.58. The minimum Gasteiger partial charge on any atom is -0.453 e. The summed E-state index contributed by atoms with van der Waals surface area (Å²) in [4.78, 5) is 73.8. The molecule has 0 spiro atoms. The van der Waals surface area contributed by atoms with Crippen molar-refractivity contribution in [3.05, 3.63) is 59.9 Å². The number of imidazole rings is 2. The Balaban J connectivity index is 1.01. The minimum atomic E-state index is -0.709. The number of amides is 4. The van der Waals surface area contributed by atoms with Crippen molar-refractivity contribution >= 4 is 35.4 Å². The van der Waals surface area contributed by atoms with Gasteiger partial charge in [-0.2, -0.15) is 0 Å². The van der Waals surface area contributed by atoms with Gasteiger partial charge >= 0.3 is 12.2 Å². The van der Waals surface area contributed by atoms with Crippen molar-refractivity contribution in [3.8, 4) is 34.0 Å². The van der Waals surface area contributed by atoms with Gasteiger partial charge in [0, 0.05) is 30.8 Å². The topological polar surface area (TPSA) is 187 Å². The van der Waals surface area contributed by atoms with E-state index in [-0.39, 0.29) is 35.7 Å². The number of likely N-dealkylation sites (tertiary alicyclic amines) is 2. The molecule has 58 heavy (non-hydrogen) atoms. The molecule has 2 aromatic heterocycles. The number of rotatable bonds is 10. The van der Waals surface area contributed by atoms with Gasteiger partial charge in [0.05, 0.1) is 61.5 Å². The van der Waals surface area contributed by atoms with Gasteiger partial charge < -0.3 is 49.5 Å². The van der Waals surface area contributed by atoms with E-state index in [1.54, 1.807) is 11.1 Å². The highest BCUT2D eigenvalue weighted by atomic mass is 16.5. The van der Waals surface area contributed by atoms with Gasteiger partial charge in [0.1, 0.15) is 23.7 Å². The first-order valence-electron chi connectivity index (χ1n) is 20.1. The zero-order valence-corrected chi connectivity index (χ0v) is 33.8. The number of H-pyrrole nitrogens is 2. The van der Waals surface area contributed by atoms with Crippen LogP contribution in [0, 0.1) is 11.8 Å². The van der Waals surface area contributed by atoms with Crippen LogP contribution in [0.3, 0.4) is 0 Å². The van der Waals surface area contributed by atoms with Crippen molar-refractivity contribution in [1.29, 1.82) is 0 Å². The van der Waals surface area contributed by atoms with Crippen molar-refractivity contribution < 1.29 is 33.4 Å². The van der Waals surface area contributed by atoms with Crippen LogP contribution >= 0.6 is 0 Å². The number of ether oxygens (including phenoxy) is 3. The number of hydrogen-bond donors (Lipinski definition) is 4. The normalized spacial score (nSPS) is 19.1. The Morgan fingerprint density at radius 2 is 1.28 bits per heavy atom. The minimum absolute atomic E-state index is 0.122. The van der Waals surface area contributed by atoms with Gasteiger partial charge in [-0.25, -0.2) is 19.6 Å². The molecule has 306 valence electrons. The number of aromatic amines is 2. The average molecular weight is 794 g/mol. The van der Waals surface area contributed by atoms with Gasteiger partial charge in [-0.1, -0.05) is 33.8 Å². The molecule has 4 aromatic rings. The fourth-order valence-electron chi connectivity index (χ4n) is 8.78. The summed E-state index contributed by atoms with van der Waals surface area (Å²) in [6.45, 7) is 9.56. The molecule has 0 saturated carbocycles. The molecule has 8 rings (SSSR count). The maximum absolute atomic E-state index is 13.7. The van der Waals surface area contributed by atoms with Crippen molar-refractivity contribution in [3.63, 3.8) is 0 Å². The Hall–Kier alpha value is -6.06. The first kappa shape index (κ1) is 38.8. The van der Waals surface area contributed by atoms with Crippen LogP contribution in [0.15, 0.2) is 42.7 Å². The van der Waals surface area contributed by atoms with Crippen LogP contribution < -0.4 is 20.3 Å². The van der Waals surface area contributed by atoms with E-state index in [0.717, 1.165) is 84.0 Å². The number of benzene rings is 2. The van der Waals surface area contributed by atoms with Crippen LogP contribution in [0.5, 0.6) is 11.5 Å². The number of methoxy groups -OCH3 is 2. The van der Waals surface area contributed by atoms with E-state index in [0.29, 0.717) is 24.7 Å². The molecule has 4 N–H and O–H groups in total. The van der Waals surface area contributed by atoms with Gasteiger partial charge in [-0.05, 0) is 73.8 Å². The Bertz CT molecular complexity index is 2230.